The Morgan fingerprint density at radius 3 is 1.68 bits per heavy atom. The summed E-state index contributed by atoms with van der Waals surface area (Å²) in [5.41, 5.74) is 3.66. The molecule has 3 heteroatoms. The Kier molecular flexibility index (Phi) is 8.47. The van der Waals surface area contributed by atoms with E-state index in [9.17, 15) is 4.79 Å². The van der Waals surface area contributed by atoms with E-state index in [4.69, 9.17) is 9.78 Å². The van der Waals surface area contributed by atoms with Crippen molar-refractivity contribution in [1.82, 2.24) is 0 Å². The number of rotatable bonds is 3. The molecule has 2 rings (SSSR count). The maximum Gasteiger partial charge on any atom is 0.373 e. The molecule has 3 nitrogen and oxygen atoms in total. The van der Waals surface area contributed by atoms with Crippen molar-refractivity contribution < 1.29 is 14.6 Å². The molecule has 0 atom stereocenters. The largest absolute Gasteiger partial charge is 0.373 e. The molecular weight excluding hydrogens is 312 g/mol. The first-order valence-electron chi connectivity index (χ1n) is 9.89. The first-order chi connectivity index (χ1) is 12.1. The first kappa shape index (κ1) is 20.0. The Morgan fingerprint density at radius 1 is 0.760 bits per heavy atom. The van der Waals surface area contributed by atoms with Crippen LogP contribution in [0.25, 0.3) is 0 Å². The minimum Gasteiger partial charge on any atom is -0.292 e. The Hall–Kier alpha value is -1.35. The zero-order valence-corrected chi connectivity index (χ0v) is 16.2. The monoisotopic (exact) mass is 345 g/mol. The third-order valence-corrected chi connectivity index (χ3v) is 5.03. The molecule has 0 amide bonds. The predicted octanol–water partition coefficient (Wildman–Crippen LogP) is 6.54. The van der Waals surface area contributed by atoms with Gasteiger partial charge < -0.3 is 0 Å². The van der Waals surface area contributed by atoms with E-state index in [1.807, 2.05) is 32.9 Å². The van der Waals surface area contributed by atoms with Gasteiger partial charge in [-0.3, -0.25) is 4.89 Å². The molecule has 0 unspecified atom stereocenters. The van der Waals surface area contributed by atoms with Gasteiger partial charge in [-0.25, -0.2) is 4.79 Å². The fourth-order valence-corrected chi connectivity index (χ4v) is 3.73. The van der Waals surface area contributed by atoms with Gasteiger partial charge in [-0.1, -0.05) is 75.5 Å². The summed E-state index contributed by atoms with van der Waals surface area (Å²) in [6, 6.07) is 4.01. The summed E-state index contributed by atoms with van der Waals surface area (Å²) in [6.45, 7) is 5.92. The molecule has 1 aromatic carbocycles. The summed E-state index contributed by atoms with van der Waals surface area (Å²) in [5.74, 6) is -0.381. The molecule has 1 radical (unpaired) electrons. The highest BCUT2D eigenvalue weighted by Gasteiger charge is 2.19. The van der Waals surface area contributed by atoms with Crippen LogP contribution in [0.15, 0.2) is 12.1 Å². The van der Waals surface area contributed by atoms with Crippen molar-refractivity contribution in [2.75, 3.05) is 0 Å². The molecule has 25 heavy (non-hydrogen) atoms. The van der Waals surface area contributed by atoms with Crippen LogP contribution in [0.4, 0.5) is 0 Å². The molecule has 139 valence electrons. The summed E-state index contributed by atoms with van der Waals surface area (Å²) in [6.07, 6.45) is 14.1. The Labute approximate surface area is 153 Å². The van der Waals surface area contributed by atoms with Crippen LogP contribution in [-0.4, -0.2) is 5.97 Å². The van der Waals surface area contributed by atoms with E-state index < -0.39 is 0 Å². The quantitative estimate of drug-likeness (QED) is 0.461. The zero-order chi connectivity index (χ0) is 18.1. The molecule has 0 aromatic heterocycles. The van der Waals surface area contributed by atoms with Gasteiger partial charge in [-0.05, 0) is 44.7 Å². The van der Waals surface area contributed by atoms with Crippen molar-refractivity contribution >= 4 is 5.97 Å². The van der Waals surface area contributed by atoms with Crippen LogP contribution in [-0.2, 0) is 9.78 Å². The number of aryl methyl sites for hydroxylation is 3. The maximum absolute atomic E-state index is 12.5. The number of benzene rings is 1. The van der Waals surface area contributed by atoms with Crippen LogP contribution in [0, 0.1) is 26.9 Å². The summed E-state index contributed by atoms with van der Waals surface area (Å²) in [5, 5.41) is 0. The van der Waals surface area contributed by atoms with Gasteiger partial charge in [0, 0.05) is 0 Å². The zero-order valence-electron chi connectivity index (χ0n) is 16.2. The topological polar surface area (TPSA) is 35.5 Å². The molecule has 1 aliphatic rings. The van der Waals surface area contributed by atoms with Crippen LogP contribution < -0.4 is 0 Å². The number of hydrogen-bond acceptors (Lipinski definition) is 3. The van der Waals surface area contributed by atoms with Crippen molar-refractivity contribution in [3.63, 3.8) is 0 Å². The summed E-state index contributed by atoms with van der Waals surface area (Å²) in [4.78, 5) is 23.2. The van der Waals surface area contributed by atoms with Gasteiger partial charge in [-0.2, -0.15) is 4.89 Å². The molecule has 1 aromatic rings. The van der Waals surface area contributed by atoms with E-state index in [2.05, 4.69) is 0 Å². The van der Waals surface area contributed by atoms with E-state index >= 15 is 0 Å². The summed E-state index contributed by atoms with van der Waals surface area (Å²) < 4.78 is 0. The fraction of sp³-hybridized carbons (Fsp3) is 0.636. The third kappa shape index (κ3) is 6.81. The van der Waals surface area contributed by atoms with Gasteiger partial charge in [-0.15, -0.1) is 0 Å². The van der Waals surface area contributed by atoms with Crippen LogP contribution in [0.1, 0.15) is 97.7 Å². The summed E-state index contributed by atoms with van der Waals surface area (Å²) in [7, 11) is 0. The van der Waals surface area contributed by atoms with Crippen LogP contribution >= 0.6 is 0 Å². The van der Waals surface area contributed by atoms with Crippen LogP contribution in [0.5, 0.6) is 0 Å². The highest BCUT2D eigenvalue weighted by atomic mass is 17.2. The maximum atomic E-state index is 12.5. The lowest BCUT2D eigenvalue weighted by Gasteiger charge is -2.17. The van der Waals surface area contributed by atoms with Crippen LogP contribution in [0.3, 0.4) is 0 Å². The Morgan fingerprint density at radius 2 is 1.20 bits per heavy atom. The minimum atomic E-state index is -0.381. The molecule has 0 spiro atoms. The first-order valence-corrected chi connectivity index (χ1v) is 9.89. The van der Waals surface area contributed by atoms with Gasteiger partial charge in [0.2, 0.25) is 0 Å². The normalized spacial score (nSPS) is 18.2. The van der Waals surface area contributed by atoms with Crippen molar-refractivity contribution in [1.29, 1.82) is 0 Å². The number of hydrogen-bond donors (Lipinski definition) is 0. The van der Waals surface area contributed by atoms with E-state index in [-0.39, 0.29) is 5.97 Å². The van der Waals surface area contributed by atoms with Gasteiger partial charge in [0.25, 0.3) is 0 Å². The van der Waals surface area contributed by atoms with Gasteiger partial charge >= 0.3 is 5.97 Å². The Balaban J connectivity index is 1.89. The molecule has 0 aliphatic heterocycles. The average molecular weight is 346 g/mol. The SMILES string of the molecule is Cc1cc(C)c(C(=O)OO[C]2CCCCCCCCCCC2)c(C)c1. The lowest BCUT2D eigenvalue weighted by molar-refractivity contribution is -0.237. The predicted molar refractivity (Wildman–Crippen MR) is 101 cm³/mol. The second kappa shape index (κ2) is 10.6. The standard InChI is InChI=1S/C22H33O3/c1-17-15-18(2)21(19(3)16-17)22(23)25-24-20-13-11-9-7-5-4-6-8-10-12-14-20/h15-16H,4-14H2,1-3H3. The van der Waals surface area contributed by atoms with E-state index in [1.165, 1.54) is 44.9 Å². The van der Waals surface area contributed by atoms with Crippen molar-refractivity contribution in [3.05, 3.63) is 40.5 Å². The lowest BCUT2D eigenvalue weighted by atomic mass is 9.99. The molecule has 0 bridgehead atoms. The van der Waals surface area contributed by atoms with E-state index in [1.54, 1.807) is 0 Å². The lowest BCUT2D eigenvalue weighted by Crippen LogP contribution is -2.13. The second-order valence-corrected chi connectivity index (χ2v) is 7.45. The molecule has 0 heterocycles. The van der Waals surface area contributed by atoms with E-state index in [0.29, 0.717) is 5.56 Å². The smallest absolute Gasteiger partial charge is 0.292 e. The Bertz CT molecular complexity index is 515. The molecular formula is C22H33O3. The molecule has 1 fully saturated rings. The summed E-state index contributed by atoms with van der Waals surface area (Å²) >= 11 is 0. The molecule has 1 aliphatic carbocycles. The van der Waals surface area contributed by atoms with Gasteiger partial charge in [0.1, 0.15) is 6.10 Å². The highest BCUT2D eigenvalue weighted by Crippen LogP contribution is 2.25. The van der Waals surface area contributed by atoms with E-state index in [0.717, 1.165) is 48.5 Å². The number of carbonyl (C=O) groups excluding carboxylic acids is 1. The second-order valence-electron chi connectivity index (χ2n) is 7.45. The van der Waals surface area contributed by atoms with Gasteiger partial charge in [0.15, 0.2) is 0 Å². The minimum absolute atomic E-state index is 0.381. The number of carbonyl (C=O) groups is 1. The van der Waals surface area contributed by atoms with Crippen LogP contribution in [0.2, 0.25) is 0 Å². The average Bonchev–Trinajstić information content (AvgIpc) is 2.53. The fourth-order valence-electron chi connectivity index (χ4n) is 3.73. The van der Waals surface area contributed by atoms with Crippen molar-refractivity contribution in [2.45, 2.75) is 91.4 Å². The molecule has 1 saturated carbocycles. The van der Waals surface area contributed by atoms with Gasteiger partial charge in [0.05, 0.1) is 5.56 Å². The highest BCUT2D eigenvalue weighted by molar-refractivity contribution is 5.92. The van der Waals surface area contributed by atoms with Crippen molar-refractivity contribution in [3.8, 4) is 0 Å². The van der Waals surface area contributed by atoms with Crippen molar-refractivity contribution in [2.24, 2.45) is 0 Å². The third-order valence-electron chi connectivity index (χ3n) is 5.03. The molecule has 0 saturated heterocycles. The molecule has 0 N–H and O–H groups in total.